The maximum absolute atomic E-state index is 10.7. The van der Waals surface area contributed by atoms with E-state index in [2.05, 4.69) is 49.3 Å². The number of hydrogen-bond donors (Lipinski definition) is 2. The fraction of sp³-hybridized carbons (Fsp3) is 0.464. The van der Waals surface area contributed by atoms with Crippen LogP contribution in [0.3, 0.4) is 0 Å². The smallest absolute Gasteiger partial charge is 0.333 e. The van der Waals surface area contributed by atoms with E-state index < -0.39 is 11.9 Å². The first-order chi connectivity index (χ1) is 17.5. The zero-order chi connectivity index (χ0) is 31.3. The van der Waals surface area contributed by atoms with Crippen molar-refractivity contribution in [3.8, 4) is 0 Å². The molecule has 0 aromatic heterocycles. The van der Waals surface area contributed by atoms with E-state index >= 15 is 0 Å². The summed E-state index contributed by atoms with van der Waals surface area (Å²) in [5, 5.41) is 15.8. The fourth-order valence-corrected chi connectivity index (χ4v) is 0.983. The number of carbonyl (C=O) groups excluding carboxylic acids is 3. The van der Waals surface area contributed by atoms with Gasteiger partial charge in [-0.05, 0) is 40.5 Å². The topological polar surface area (TPSA) is 154 Å². The van der Waals surface area contributed by atoms with Crippen LogP contribution in [0.4, 0.5) is 0 Å². The summed E-state index contributed by atoms with van der Waals surface area (Å²) in [5.41, 5.74) is 1.25. The molecule has 38 heavy (non-hydrogen) atoms. The Morgan fingerprint density at radius 2 is 0.974 bits per heavy atom. The molecular formula is C28H46O10. The molecule has 0 aliphatic rings. The predicted octanol–water partition coefficient (Wildman–Crippen LogP) is 5.45. The number of carboxylic acid groups (broad SMARTS) is 2. The quantitative estimate of drug-likeness (QED) is 0.149. The van der Waals surface area contributed by atoms with E-state index in [1.807, 2.05) is 6.92 Å². The van der Waals surface area contributed by atoms with Crippen molar-refractivity contribution in [1.82, 2.24) is 0 Å². The Morgan fingerprint density at radius 3 is 1.16 bits per heavy atom. The molecule has 0 amide bonds. The van der Waals surface area contributed by atoms with E-state index in [1.165, 1.54) is 27.0 Å². The molecule has 0 spiro atoms. The molecule has 218 valence electrons. The van der Waals surface area contributed by atoms with Gasteiger partial charge in [-0.3, -0.25) is 0 Å². The van der Waals surface area contributed by atoms with Crippen LogP contribution in [0, 0.1) is 0 Å². The first-order valence-corrected chi connectivity index (χ1v) is 11.6. The van der Waals surface area contributed by atoms with Crippen LogP contribution in [0.15, 0.2) is 61.3 Å². The van der Waals surface area contributed by atoms with Crippen LogP contribution in [-0.4, -0.2) is 60.4 Å². The third-order valence-corrected chi connectivity index (χ3v) is 3.25. The molecule has 0 rings (SSSR count). The van der Waals surface area contributed by atoms with E-state index in [0.717, 1.165) is 25.7 Å². The van der Waals surface area contributed by atoms with Crippen molar-refractivity contribution in [3.63, 3.8) is 0 Å². The summed E-state index contributed by atoms with van der Waals surface area (Å²) in [7, 11) is 1.33. The van der Waals surface area contributed by atoms with Crippen molar-refractivity contribution in [1.29, 1.82) is 0 Å². The van der Waals surface area contributed by atoms with E-state index in [1.54, 1.807) is 13.8 Å². The van der Waals surface area contributed by atoms with Gasteiger partial charge in [-0.2, -0.15) is 0 Å². The summed E-state index contributed by atoms with van der Waals surface area (Å²) in [6.45, 7) is 27.7. The zero-order valence-electron chi connectivity index (χ0n) is 24.0. The molecule has 0 aliphatic heterocycles. The minimum Gasteiger partial charge on any atom is -0.478 e. The first-order valence-electron chi connectivity index (χ1n) is 11.6. The van der Waals surface area contributed by atoms with Crippen LogP contribution in [-0.2, 0) is 38.2 Å². The summed E-state index contributed by atoms with van der Waals surface area (Å²) in [5.74, 6) is -2.83. The highest BCUT2D eigenvalue weighted by atomic mass is 16.5. The Hall–Kier alpha value is -3.95. The minimum absolute atomic E-state index is 0.176. The number of carboxylic acids is 2. The van der Waals surface area contributed by atoms with Gasteiger partial charge in [0.1, 0.15) is 0 Å². The van der Waals surface area contributed by atoms with Gasteiger partial charge >= 0.3 is 29.8 Å². The predicted molar refractivity (Wildman–Crippen MR) is 148 cm³/mol. The summed E-state index contributed by atoms with van der Waals surface area (Å²) in [6, 6.07) is 0. The Labute approximate surface area is 227 Å². The molecule has 0 saturated heterocycles. The molecule has 0 radical (unpaired) electrons. The molecule has 0 aromatic carbocycles. The van der Waals surface area contributed by atoms with E-state index in [0.29, 0.717) is 24.4 Å². The average Bonchev–Trinajstić information content (AvgIpc) is 2.84. The van der Waals surface area contributed by atoms with Crippen molar-refractivity contribution in [2.45, 2.75) is 67.2 Å². The van der Waals surface area contributed by atoms with Crippen molar-refractivity contribution in [2.24, 2.45) is 0 Å². The SMILES string of the molecule is C=C(C)C(=O)O.C=C(C)C(=O)O.C=C(C)C(=O)OC.C=C(C)C(=O)OCCCC.C=CC(=O)OCCCC. The second kappa shape index (κ2) is 31.1. The van der Waals surface area contributed by atoms with E-state index in [9.17, 15) is 24.0 Å². The summed E-state index contributed by atoms with van der Waals surface area (Å²) >= 11 is 0. The van der Waals surface area contributed by atoms with Crippen LogP contribution in [0.25, 0.3) is 0 Å². The second-order valence-corrected chi connectivity index (χ2v) is 7.44. The summed E-state index contributed by atoms with van der Waals surface area (Å²) in [4.78, 5) is 50.4. The lowest BCUT2D eigenvalue weighted by Crippen LogP contribution is -2.05. The molecule has 10 nitrogen and oxygen atoms in total. The molecular weight excluding hydrogens is 496 g/mol. The minimum atomic E-state index is -0.935. The monoisotopic (exact) mass is 542 g/mol. The Morgan fingerprint density at radius 1 is 0.658 bits per heavy atom. The van der Waals surface area contributed by atoms with E-state index in [-0.39, 0.29) is 29.1 Å². The maximum atomic E-state index is 10.7. The van der Waals surface area contributed by atoms with Crippen LogP contribution < -0.4 is 0 Å². The molecule has 0 atom stereocenters. The van der Waals surface area contributed by atoms with Gasteiger partial charge in [0.25, 0.3) is 0 Å². The highest BCUT2D eigenvalue weighted by Gasteiger charge is 2.00. The van der Waals surface area contributed by atoms with Gasteiger partial charge in [0.2, 0.25) is 0 Å². The number of methoxy groups -OCH3 is 1. The lowest BCUT2D eigenvalue weighted by atomic mass is 10.3. The Balaban J connectivity index is -0.000000121. The number of ether oxygens (including phenoxy) is 3. The summed E-state index contributed by atoms with van der Waals surface area (Å²) in [6.07, 6.45) is 5.13. The molecule has 0 fully saturated rings. The van der Waals surface area contributed by atoms with Gasteiger partial charge in [0.05, 0.1) is 20.3 Å². The van der Waals surface area contributed by atoms with Crippen molar-refractivity contribution in [3.05, 3.63) is 61.3 Å². The molecule has 0 saturated carbocycles. The molecule has 0 unspecified atom stereocenters. The normalized spacial score (nSPS) is 8.18. The van der Waals surface area contributed by atoms with Crippen molar-refractivity contribution in [2.75, 3.05) is 20.3 Å². The van der Waals surface area contributed by atoms with Crippen molar-refractivity contribution >= 4 is 29.8 Å². The average molecular weight is 543 g/mol. The van der Waals surface area contributed by atoms with Gasteiger partial charge < -0.3 is 24.4 Å². The van der Waals surface area contributed by atoms with Crippen LogP contribution >= 0.6 is 0 Å². The van der Waals surface area contributed by atoms with Gasteiger partial charge in [-0.15, -0.1) is 0 Å². The lowest BCUT2D eigenvalue weighted by Gasteiger charge is -2.01. The van der Waals surface area contributed by atoms with Crippen LogP contribution in [0.5, 0.6) is 0 Å². The molecule has 0 heterocycles. The van der Waals surface area contributed by atoms with E-state index in [4.69, 9.17) is 14.9 Å². The third kappa shape index (κ3) is 45.5. The zero-order valence-corrected chi connectivity index (χ0v) is 24.0. The van der Waals surface area contributed by atoms with Crippen LogP contribution in [0.2, 0.25) is 0 Å². The number of rotatable bonds is 11. The highest BCUT2D eigenvalue weighted by molar-refractivity contribution is 5.87. The molecule has 10 heteroatoms. The first kappa shape index (κ1) is 44.1. The molecule has 0 aliphatic carbocycles. The number of carbonyl (C=O) groups is 5. The largest absolute Gasteiger partial charge is 0.478 e. The fourth-order valence-electron chi connectivity index (χ4n) is 0.983. The standard InChI is InChI=1S/C8H14O2.C7H12O2.C5H8O2.2C4H6O2/c1-4-5-6-10-8(9)7(2)3;1-3-5-6-9-7(8)4-2;1-4(2)5(6)7-3;2*1-3(2)4(5)6/h2,4-6H2,1,3H3;4H,2-3,5-6H2,1H3;1H2,2-3H3;2*1H2,2H3,(H,5,6). The van der Waals surface area contributed by atoms with Gasteiger partial charge in [-0.25, -0.2) is 24.0 Å². The Bertz CT molecular complexity index is 743. The lowest BCUT2D eigenvalue weighted by molar-refractivity contribution is -0.139. The molecule has 0 bridgehead atoms. The number of hydrogen-bond acceptors (Lipinski definition) is 8. The molecule has 2 N–H and O–H groups in total. The summed E-state index contributed by atoms with van der Waals surface area (Å²) < 4.78 is 13.8. The Kier molecular flexibility index (Phi) is 36.0. The van der Waals surface area contributed by atoms with Crippen LogP contribution in [0.1, 0.15) is 67.2 Å². The van der Waals surface area contributed by atoms with Crippen molar-refractivity contribution < 1.29 is 48.4 Å². The second-order valence-electron chi connectivity index (χ2n) is 7.44. The van der Waals surface area contributed by atoms with Gasteiger partial charge in [-0.1, -0.05) is 59.6 Å². The maximum Gasteiger partial charge on any atom is 0.333 e. The van der Waals surface area contributed by atoms with Gasteiger partial charge in [0, 0.05) is 28.4 Å². The number of aliphatic carboxylic acids is 2. The third-order valence-electron chi connectivity index (χ3n) is 3.25. The number of esters is 3. The molecule has 0 aromatic rings. The van der Waals surface area contributed by atoms with Gasteiger partial charge in [0.15, 0.2) is 0 Å². The number of unbranched alkanes of at least 4 members (excludes halogenated alkanes) is 2. The highest BCUT2D eigenvalue weighted by Crippen LogP contribution is 1.94.